The molecule has 0 bridgehead atoms. The predicted octanol–water partition coefficient (Wildman–Crippen LogP) is -0.393. The number of rotatable bonds is 5. The molecule has 2 heterocycles. The van der Waals surface area contributed by atoms with Gasteiger partial charge in [-0.2, -0.15) is 0 Å². The van der Waals surface area contributed by atoms with E-state index in [4.69, 9.17) is 26.4 Å². The molecule has 1 aromatic carbocycles. The molecule has 2 aliphatic rings. The monoisotopic (exact) mass is 380 g/mol. The molecule has 0 amide bonds. The number of anilines is 1. The molecule has 7 nitrogen and oxygen atoms in total. The van der Waals surface area contributed by atoms with E-state index in [0.29, 0.717) is 17.4 Å². The van der Waals surface area contributed by atoms with Crippen LogP contribution in [0.15, 0.2) is 24.3 Å². The minimum absolute atomic E-state index is 0.338. The summed E-state index contributed by atoms with van der Waals surface area (Å²) in [5.74, 6) is 0.235. The number of morpholine rings is 1. The highest BCUT2D eigenvalue weighted by molar-refractivity contribution is 7.80. The van der Waals surface area contributed by atoms with Gasteiger partial charge in [0.15, 0.2) is 5.11 Å². The van der Waals surface area contributed by atoms with Crippen LogP contribution in [0.2, 0.25) is 0 Å². The Morgan fingerprint density at radius 2 is 2.15 bits per heavy atom. The van der Waals surface area contributed by atoms with Crippen LogP contribution < -0.4 is 19.9 Å². The lowest BCUT2D eigenvalue weighted by Gasteiger charge is -2.35. The Kier molecular flexibility index (Phi) is 6.65. The molecule has 3 rings (SSSR count). The maximum atomic E-state index is 11.9. The van der Waals surface area contributed by atoms with E-state index in [-0.39, 0.29) is 0 Å². The Labute approximate surface area is 159 Å². The van der Waals surface area contributed by atoms with Crippen molar-refractivity contribution >= 4 is 29.0 Å². The number of thiocarbonyl (C=S) groups is 1. The lowest BCUT2D eigenvalue weighted by molar-refractivity contribution is -0.908. The molecule has 0 unspecified atom stereocenters. The quantitative estimate of drug-likeness (QED) is 0.410. The van der Waals surface area contributed by atoms with Crippen LogP contribution in [0.5, 0.6) is 5.75 Å². The molecule has 26 heavy (non-hydrogen) atoms. The number of ether oxygens (including phenoxy) is 3. The first-order chi connectivity index (χ1) is 12.7. The molecule has 0 spiro atoms. The van der Waals surface area contributed by atoms with Gasteiger partial charge in [-0.05, 0) is 24.4 Å². The highest BCUT2D eigenvalue weighted by Crippen LogP contribution is 2.33. The number of para-hydroxylation sites is 2. The summed E-state index contributed by atoms with van der Waals surface area (Å²) < 4.78 is 16.0. The summed E-state index contributed by atoms with van der Waals surface area (Å²) >= 11 is 5.58. The van der Waals surface area contributed by atoms with Crippen LogP contribution in [0.25, 0.3) is 0 Å². The van der Waals surface area contributed by atoms with Crippen molar-refractivity contribution in [3.63, 3.8) is 0 Å². The van der Waals surface area contributed by atoms with Gasteiger partial charge in [-0.1, -0.05) is 12.1 Å². The third-order valence-corrected chi connectivity index (χ3v) is 5.03. The minimum atomic E-state index is -0.688. The lowest BCUT2D eigenvalue weighted by Crippen LogP contribution is -3.14. The van der Waals surface area contributed by atoms with E-state index in [0.717, 1.165) is 51.5 Å². The molecule has 1 aromatic rings. The summed E-state index contributed by atoms with van der Waals surface area (Å²) in [4.78, 5) is 15.4. The van der Waals surface area contributed by atoms with Gasteiger partial charge in [0.05, 0.1) is 39.1 Å². The molecule has 1 fully saturated rings. The Morgan fingerprint density at radius 1 is 1.38 bits per heavy atom. The van der Waals surface area contributed by atoms with Crippen LogP contribution in [0.4, 0.5) is 5.69 Å². The van der Waals surface area contributed by atoms with E-state index >= 15 is 0 Å². The predicted molar refractivity (Wildman–Crippen MR) is 102 cm³/mol. The minimum Gasteiger partial charge on any atom is -0.475 e. The number of benzene rings is 1. The van der Waals surface area contributed by atoms with Crippen molar-refractivity contribution in [2.24, 2.45) is 0 Å². The molecule has 8 heteroatoms. The molecule has 0 radical (unpaired) electrons. The molecule has 2 N–H and O–H groups in total. The molecule has 0 aliphatic carbocycles. The Bertz CT molecular complexity index is 637. The Hall–Kier alpha value is -1.90. The topological polar surface area (TPSA) is 64.5 Å². The summed E-state index contributed by atoms with van der Waals surface area (Å²) in [6, 6.07) is 7.58. The SMILES string of the molecule is COC(=O)[C@H]1CN(C(=S)NCCC[NH+]2CCOCC2)c2ccccc2O1. The largest absolute Gasteiger partial charge is 0.475 e. The number of carbonyl (C=O) groups excluding carboxylic acids is 1. The number of carbonyl (C=O) groups is 1. The fourth-order valence-electron chi connectivity index (χ4n) is 3.22. The summed E-state index contributed by atoms with van der Waals surface area (Å²) in [5, 5.41) is 3.92. The van der Waals surface area contributed by atoms with Crippen molar-refractivity contribution in [1.82, 2.24) is 5.32 Å². The Morgan fingerprint density at radius 3 is 2.92 bits per heavy atom. The Balaban J connectivity index is 1.55. The number of methoxy groups -OCH3 is 1. The number of esters is 1. The zero-order chi connectivity index (χ0) is 18.4. The van der Waals surface area contributed by atoms with Gasteiger partial charge in [-0.3, -0.25) is 0 Å². The number of hydrogen-bond donors (Lipinski definition) is 2. The first kappa shape index (κ1) is 18.9. The van der Waals surface area contributed by atoms with Crippen molar-refractivity contribution in [1.29, 1.82) is 0 Å². The van der Waals surface area contributed by atoms with Crippen LogP contribution in [0, 0.1) is 0 Å². The lowest BCUT2D eigenvalue weighted by atomic mass is 10.2. The summed E-state index contributed by atoms with van der Waals surface area (Å²) in [7, 11) is 1.36. The summed E-state index contributed by atoms with van der Waals surface area (Å²) in [6.45, 7) is 6.07. The van der Waals surface area contributed by atoms with Gasteiger partial charge in [0, 0.05) is 13.0 Å². The fraction of sp³-hybridized carbons (Fsp3) is 0.556. The maximum Gasteiger partial charge on any atom is 0.348 e. The van der Waals surface area contributed by atoms with Crippen LogP contribution in [0.1, 0.15) is 6.42 Å². The van der Waals surface area contributed by atoms with E-state index in [2.05, 4.69) is 5.32 Å². The normalized spacial score (nSPS) is 20.0. The standard InChI is InChI=1S/C18H25N3O4S/c1-23-17(22)16-13-21(14-5-2-3-6-15(14)25-16)18(26)19-7-4-8-20-9-11-24-12-10-20/h2-3,5-6,16H,4,7-13H2,1H3,(H,19,26)/p+1/t16-/m1/s1. The third kappa shape index (κ3) is 4.63. The second kappa shape index (κ2) is 9.16. The molecular weight excluding hydrogens is 354 g/mol. The zero-order valence-electron chi connectivity index (χ0n) is 15.0. The second-order valence-corrected chi connectivity index (χ2v) is 6.79. The van der Waals surface area contributed by atoms with Crippen LogP contribution in [0.3, 0.4) is 0 Å². The highest BCUT2D eigenvalue weighted by atomic mass is 32.1. The number of nitrogens with zero attached hydrogens (tertiary/aromatic N) is 1. The van der Waals surface area contributed by atoms with Crippen molar-refractivity contribution in [2.45, 2.75) is 12.5 Å². The van der Waals surface area contributed by atoms with Gasteiger partial charge in [-0.25, -0.2) is 4.79 Å². The van der Waals surface area contributed by atoms with Crippen LogP contribution >= 0.6 is 12.2 Å². The fourth-order valence-corrected chi connectivity index (χ4v) is 3.50. The number of fused-ring (bicyclic) bond motifs is 1. The van der Waals surface area contributed by atoms with E-state index in [9.17, 15) is 4.79 Å². The van der Waals surface area contributed by atoms with Gasteiger partial charge in [-0.15, -0.1) is 0 Å². The smallest absolute Gasteiger partial charge is 0.348 e. The van der Waals surface area contributed by atoms with Crippen molar-refractivity contribution < 1.29 is 23.9 Å². The molecule has 142 valence electrons. The van der Waals surface area contributed by atoms with E-state index in [1.807, 2.05) is 29.2 Å². The summed E-state index contributed by atoms with van der Waals surface area (Å²) in [5.41, 5.74) is 0.865. The highest BCUT2D eigenvalue weighted by Gasteiger charge is 2.33. The molecule has 1 saturated heterocycles. The number of quaternary nitrogens is 1. The molecule has 1 atom stereocenters. The van der Waals surface area contributed by atoms with Crippen molar-refractivity contribution in [3.8, 4) is 5.75 Å². The number of nitrogens with one attached hydrogen (secondary N) is 2. The first-order valence-corrected chi connectivity index (χ1v) is 9.40. The molecule has 0 aromatic heterocycles. The van der Waals surface area contributed by atoms with Crippen LogP contribution in [-0.2, 0) is 14.3 Å². The maximum absolute atomic E-state index is 11.9. The molecule has 0 saturated carbocycles. The first-order valence-electron chi connectivity index (χ1n) is 8.99. The van der Waals surface area contributed by atoms with E-state index in [1.54, 1.807) is 4.90 Å². The molecule has 2 aliphatic heterocycles. The summed E-state index contributed by atoms with van der Waals surface area (Å²) in [6.07, 6.45) is 0.342. The zero-order valence-corrected chi connectivity index (χ0v) is 15.8. The van der Waals surface area contributed by atoms with E-state index in [1.165, 1.54) is 7.11 Å². The number of hydrogen-bond acceptors (Lipinski definition) is 5. The second-order valence-electron chi connectivity index (χ2n) is 6.41. The van der Waals surface area contributed by atoms with Gasteiger partial charge in [0.1, 0.15) is 18.8 Å². The van der Waals surface area contributed by atoms with E-state index < -0.39 is 12.1 Å². The van der Waals surface area contributed by atoms with Crippen molar-refractivity contribution in [3.05, 3.63) is 24.3 Å². The van der Waals surface area contributed by atoms with Gasteiger partial charge in [0.2, 0.25) is 6.10 Å². The van der Waals surface area contributed by atoms with Crippen LogP contribution in [-0.4, -0.2) is 70.2 Å². The van der Waals surface area contributed by atoms with Gasteiger partial charge in [0.25, 0.3) is 0 Å². The average Bonchev–Trinajstić information content (AvgIpc) is 2.70. The van der Waals surface area contributed by atoms with Gasteiger partial charge >= 0.3 is 5.97 Å². The third-order valence-electron chi connectivity index (χ3n) is 4.67. The average molecular weight is 380 g/mol. The molecular formula is C18H26N3O4S+. The van der Waals surface area contributed by atoms with Crippen molar-refractivity contribution in [2.75, 3.05) is 57.9 Å². The van der Waals surface area contributed by atoms with Gasteiger partial charge < -0.3 is 29.3 Å².